The number of aromatic nitrogens is 2. The van der Waals surface area contributed by atoms with Gasteiger partial charge in [0, 0.05) is 31.2 Å². The summed E-state index contributed by atoms with van der Waals surface area (Å²) in [6, 6.07) is 1.24. The van der Waals surface area contributed by atoms with Crippen LogP contribution in [0.25, 0.3) is 0 Å². The maximum atomic E-state index is 4.41. The standard InChI is InChI=1S/C14H23N5/c1-10-13(15-2)16-9-17-14(10)18-11-6-8-19-7-4-3-5-12(11)19/h9,11-12H,3-8H2,1-2H3,(H2,15,16,17,18). The fourth-order valence-corrected chi connectivity index (χ4v) is 3.44. The summed E-state index contributed by atoms with van der Waals surface area (Å²) in [5.41, 5.74) is 1.11. The molecule has 0 amide bonds. The Balaban J connectivity index is 1.75. The molecule has 0 aromatic carbocycles. The molecule has 0 saturated carbocycles. The van der Waals surface area contributed by atoms with Gasteiger partial charge in [-0.05, 0) is 32.7 Å². The van der Waals surface area contributed by atoms with Crippen molar-refractivity contribution in [2.24, 2.45) is 0 Å². The lowest BCUT2D eigenvalue weighted by Crippen LogP contribution is -2.42. The first-order chi connectivity index (χ1) is 9.29. The number of fused-ring (bicyclic) bond motifs is 1. The van der Waals surface area contributed by atoms with Crippen molar-refractivity contribution >= 4 is 11.6 Å². The molecule has 104 valence electrons. The maximum absolute atomic E-state index is 4.41. The minimum Gasteiger partial charge on any atom is -0.373 e. The van der Waals surface area contributed by atoms with Gasteiger partial charge in [0.25, 0.3) is 0 Å². The lowest BCUT2D eigenvalue weighted by atomic mass is 9.99. The predicted octanol–water partition coefficient (Wildman–Crippen LogP) is 1.87. The Kier molecular flexibility index (Phi) is 3.55. The number of rotatable bonds is 3. The van der Waals surface area contributed by atoms with Crippen molar-refractivity contribution in [1.29, 1.82) is 0 Å². The van der Waals surface area contributed by atoms with E-state index in [1.54, 1.807) is 6.33 Å². The molecule has 5 heteroatoms. The Labute approximate surface area is 114 Å². The van der Waals surface area contributed by atoms with E-state index in [1.165, 1.54) is 38.8 Å². The van der Waals surface area contributed by atoms with E-state index in [1.807, 2.05) is 7.05 Å². The first-order valence-corrected chi connectivity index (χ1v) is 7.29. The van der Waals surface area contributed by atoms with Crippen molar-refractivity contribution < 1.29 is 0 Å². The van der Waals surface area contributed by atoms with E-state index in [4.69, 9.17) is 0 Å². The molecule has 3 rings (SSSR count). The highest BCUT2D eigenvalue weighted by atomic mass is 15.2. The normalized spacial score (nSPS) is 27.1. The minimum absolute atomic E-state index is 0.540. The molecule has 2 fully saturated rings. The van der Waals surface area contributed by atoms with Gasteiger partial charge in [-0.25, -0.2) is 9.97 Å². The molecule has 0 spiro atoms. The molecule has 2 saturated heterocycles. The Morgan fingerprint density at radius 3 is 2.84 bits per heavy atom. The lowest BCUT2D eigenvalue weighted by molar-refractivity contribution is 0.192. The molecular weight excluding hydrogens is 238 g/mol. The Bertz CT molecular complexity index is 447. The van der Waals surface area contributed by atoms with Gasteiger partial charge >= 0.3 is 0 Å². The zero-order valence-corrected chi connectivity index (χ0v) is 11.8. The van der Waals surface area contributed by atoms with E-state index in [2.05, 4.69) is 32.4 Å². The number of nitrogens with one attached hydrogen (secondary N) is 2. The second-order valence-electron chi connectivity index (χ2n) is 5.58. The molecule has 1 aromatic heterocycles. The van der Waals surface area contributed by atoms with Crippen LogP contribution in [0.4, 0.5) is 11.6 Å². The van der Waals surface area contributed by atoms with Crippen LogP contribution in [-0.4, -0.2) is 47.1 Å². The van der Waals surface area contributed by atoms with Gasteiger partial charge in [0.1, 0.15) is 18.0 Å². The molecule has 0 radical (unpaired) electrons. The first kappa shape index (κ1) is 12.7. The second kappa shape index (κ2) is 5.33. The molecule has 2 atom stereocenters. The van der Waals surface area contributed by atoms with Crippen LogP contribution in [0.15, 0.2) is 6.33 Å². The summed E-state index contributed by atoms with van der Waals surface area (Å²) in [4.78, 5) is 11.3. The van der Waals surface area contributed by atoms with Crippen LogP contribution in [0.2, 0.25) is 0 Å². The average molecular weight is 261 g/mol. The molecule has 2 aliphatic rings. The van der Waals surface area contributed by atoms with Crippen molar-refractivity contribution in [2.75, 3.05) is 30.8 Å². The zero-order valence-electron chi connectivity index (χ0n) is 11.8. The number of nitrogens with zero attached hydrogens (tertiary/aromatic N) is 3. The van der Waals surface area contributed by atoms with Gasteiger partial charge in [-0.1, -0.05) is 6.42 Å². The highest BCUT2D eigenvalue weighted by Crippen LogP contribution is 2.30. The quantitative estimate of drug-likeness (QED) is 0.870. The number of piperidine rings is 1. The van der Waals surface area contributed by atoms with Gasteiger partial charge in [0.05, 0.1) is 0 Å². The third kappa shape index (κ3) is 2.39. The van der Waals surface area contributed by atoms with Gasteiger partial charge in [-0.3, -0.25) is 4.90 Å². The molecule has 2 N–H and O–H groups in total. The molecule has 2 aliphatic heterocycles. The van der Waals surface area contributed by atoms with E-state index < -0.39 is 0 Å². The summed E-state index contributed by atoms with van der Waals surface area (Å²) in [6.07, 6.45) is 6.90. The maximum Gasteiger partial charge on any atom is 0.134 e. The summed E-state index contributed by atoms with van der Waals surface area (Å²) in [6.45, 7) is 4.57. The van der Waals surface area contributed by atoms with Gasteiger partial charge < -0.3 is 10.6 Å². The Morgan fingerprint density at radius 2 is 2.00 bits per heavy atom. The molecule has 0 bridgehead atoms. The average Bonchev–Trinajstić information content (AvgIpc) is 2.85. The van der Waals surface area contributed by atoms with Crippen molar-refractivity contribution in [1.82, 2.24) is 14.9 Å². The van der Waals surface area contributed by atoms with Crippen LogP contribution in [0.5, 0.6) is 0 Å². The summed E-state index contributed by atoms with van der Waals surface area (Å²) in [7, 11) is 1.90. The topological polar surface area (TPSA) is 53.1 Å². The van der Waals surface area contributed by atoms with Crippen molar-refractivity contribution in [3.8, 4) is 0 Å². The summed E-state index contributed by atoms with van der Waals surface area (Å²) < 4.78 is 0. The molecule has 0 aliphatic carbocycles. The lowest BCUT2D eigenvalue weighted by Gasteiger charge is -2.33. The third-order valence-corrected chi connectivity index (χ3v) is 4.50. The van der Waals surface area contributed by atoms with Gasteiger partial charge in [0.15, 0.2) is 0 Å². The molecule has 5 nitrogen and oxygen atoms in total. The van der Waals surface area contributed by atoms with Gasteiger partial charge in [-0.15, -0.1) is 0 Å². The SMILES string of the molecule is CNc1ncnc(NC2CCN3CCCCC23)c1C. The fraction of sp³-hybridized carbons (Fsp3) is 0.714. The Morgan fingerprint density at radius 1 is 1.16 bits per heavy atom. The van der Waals surface area contributed by atoms with Gasteiger partial charge in [0.2, 0.25) is 0 Å². The second-order valence-corrected chi connectivity index (χ2v) is 5.58. The van der Waals surface area contributed by atoms with E-state index >= 15 is 0 Å². The Hall–Kier alpha value is -1.36. The third-order valence-electron chi connectivity index (χ3n) is 4.50. The van der Waals surface area contributed by atoms with E-state index in [0.29, 0.717) is 12.1 Å². The largest absolute Gasteiger partial charge is 0.373 e. The van der Waals surface area contributed by atoms with E-state index in [0.717, 1.165) is 17.2 Å². The van der Waals surface area contributed by atoms with Crippen molar-refractivity contribution in [3.63, 3.8) is 0 Å². The van der Waals surface area contributed by atoms with Crippen molar-refractivity contribution in [2.45, 2.75) is 44.7 Å². The monoisotopic (exact) mass is 261 g/mol. The molecular formula is C14H23N5. The van der Waals surface area contributed by atoms with Crippen LogP contribution in [-0.2, 0) is 0 Å². The summed E-state index contributed by atoms with van der Waals surface area (Å²) >= 11 is 0. The van der Waals surface area contributed by atoms with Crippen LogP contribution < -0.4 is 10.6 Å². The van der Waals surface area contributed by atoms with Crippen LogP contribution in [0.3, 0.4) is 0 Å². The summed E-state index contributed by atoms with van der Waals surface area (Å²) in [5.74, 6) is 1.90. The van der Waals surface area contributed by atoms with E-state index in [9.17, 15) is 0 Å². The highest BCUT2D eigenvalue weighted by Gasteiger charge is 2.35. The predicted molar refractivity (Wildman–Crippen MR) is 77.6 cm³/mol. The van der Waals surface area contributed by atoms with Crippen LogP contribution >= 0.6 is 0 Å². The first-order valence-electron chi connectivity index (χ1n) is 7.29. The molecule has 19 heavy (non-hydrogen) atoms. The number of hydrogen-bond acceptors (Lipinski definition) is 5. The molecule has 2 unspecified atom stereocenters. The summed E-state index contributed by atoms with van der Waals surface area (Å²) in [5, 5.41) is 6.77. The molecule has 1 aromatic rings. The van der Waals surface area contributed by atoms with Crippen molar-refractivity contribution in [3.05, 3.63) is 11.9 Å². The van der Waals surface area contributed by atoms with Crippen LogP contribution in [0, 0.1) is 6.92 Å². The fourth-order valence-electron chi connectivity index (χ4n) is 3.44. The van der Waals surface area contributed by atoms with E-state index in [-0.39, 0.29) is 0 Å². The molecule has 3 heterocycles. The highest BCUT2D eigenvalue weighted by molar-refractivity contribution is 5.56. The van der Waals surface area contributed by atoms with Crippen LogP contribution in [0.1, 0.15) is 31.2 Å². The minimum atomic E-state index is 0.540. The van der Waals surface area contributed by atoms with Gasteiger partial charge in [-0.2, -0.15) is 0 Å². The smallest absolute Gasteiger partial charge is 0.134 e. The number of anilines is 2. The zero-order chi connectivity index (χ0) is 13.2. The number of hydrogen-bond donors (Lipinski definition) is 2.